The number of hydrogen-bond donors (Lipinski definition) is 0. The first-order valence-electron chi connectivity index (χ1n) is 2.83. The van der Waals surface area contributed by atoms with Gasteiger partial charge in [-0.15, -0.1) is 11.8 Å². The zero-order valence-corrected chi connectivity index (χ0v) is 9.43. The summed E-state index contributed by atoms with van der Waals surface area (Å²) in [6, 6.07) is 3.24. The maximum atomic E-state index is 13.1. The van der Waals surface area contributed by atoms with Gasteiger partial charge < -0.3 is 0 Å². The molecule has 0 saturated heterocycles. The predicted molar refractivity (Wildman–Crippen MR) is 55.9 cm³/mol. The summed E-state index contributed by atoms with van der Waals surface area (Å²) in [5.41, 5.74) is 0. The predicted octanol–water partition coefficient (Wildman–Crippen LogP) is 3.81. The fourth-order valence-electron chi connectivity index (χ4n) is 0.681. The van der Waals surface area contributed by atoms with Crippen LogP contribution >= 0.6 is 46.0 Å². The summed E-state index contributed by atoms with van der Waals surface area (Å²) >= 11 is 9.00. The molecule has 0 nitrogen and oxygen atoms in total. The molecule has 0 aromatic heterocycles. The van der Waals surface area contributed by atoms with Gasteiger partial charge in [-0.1, -0.05) is 11.6 Å². The Morgan fingerprint density at radius 3 is 2.73 bits per heavy atom. The van der Waals surface area contributed by atoms with E-state index in [0.717, 1.165) is 0 Å². The lowest BCUT2D eigenvalue weighted by molar-refractivity contribution is 0.594. The fourth-order valence-corrected chi connectivity index (χ4v) is 2.49. The smallest absolute Gasteiger partial charge is 0.150 e. The Balaban J connectivity index is 3.24. The van der Waals surface area contributed by atoms with Gasteiger partial charge in [-0.2, -0.15) is 0 Å². The van der Waals surface area contributed by atoms with Crippen molar-refractivity contribution in [2.24, 2.45) is 0 Å². The van der Waals surface area contributed by atoms with E-state index >= 15 is 0 Å². The molecular weight excluding hydrogens is 297 g/mol. The Bertz CT molecular complexity index is 277. The SMILES string of the molecule is CSc1cc(Cl)cc(I)c1F. The summed E-state index contributed by atoms with van der Waals surface area (Å²) in [6.07, 6.45) is 1.82. The third-order valence-electron chi connectivity index (χ3n) is 1.18. The molecule has 4 heteroatoms. The molecule has 0 amide bonds. The van der Waals surface area contributed by atoms with Crippen molar-refractivity contribution in [3.8, 4) is 0 Å². The average molecular weight is 303 g/mol. The molecule has 0 aliphatic carbocycles. The minimum atomic E-state index is -0.178. The lowest BCUT2D eigenvalue weighted by Gasteiger charge is -2.01. The van der Waals surface area contributed by atoms with Crippen LogP contribution < -0.4 is 0 Å². The first-order chi connectivity index (χ1) is 5.15. The second kappa shape index (κ2) is 3.96. The molecule has 0 aliphatic rings. The topological polar surface area (TPSA) is 0 Å². The Hall–Kier alpha value is 0.520. The molecule has 0 saturated carbocycles. The van der Waals surface area contributed by atoms with Crippen molar-refractivity contribution in [2.45, 2.75) is 4.90 Å². The van der Waals surface area contributed by atoms with Crippen molar-refractivity contribution in [3.63, 3.8) is 0 Å². The molecule has 0 fully saturated rings. The largest absolute Gasteiger partial charge is 0.205 e. The molecule has 1 rings (SSSR count). The fraction of sp³-hybridized carbons (Fsp3) is 0.143. The molecule has 0 spiro atoms. The zero-order valence-electron chi connectivity index (χ0n) is 5.70. The second-order valence-corrected chi connectivity index (χ2v) is 4.35. The Kier molecular flexibility index (Phi) is 3.46. The van der Waals surface area contributed by atoms with Crippen molar-refractivity contribution in [2.75, 3.05) is 6.26 Å². The van der Waals surface area contributed by atoms with Gasteiger partial charge in [0.2, 0.25) is 0 Å². The van der Waals surface area contributed by atoms with E-state index in [4.69, 9.17) is 11.6 Å². The van der Waals surface area contributed by atoms with Crippen LogP contribution in [0.1, 0.15) is 0 Å². The number of benzene rings is 1. The molecular formula is C7H5ClFIS. The van der Waals surface area contributed by atoms with E-state index in [1.807, 2.05) is 28.8 Å². The van der Waals surface area contributed by atoms with Gasteiger partial charge in [0.1, 0.15) is 5.82 Å². The van der Waals surface area contributed by atoms with Gasteiger partial charge in [0.05, 0.1) is 3.57 Å². The van der Waals surface area contributed by atoms with Crippen LogP contribution in [0.3, 0.4) is 0 Å². The van der Waals surface area contributed by atoms with E-state index in [2.05, 4.69) is 0 Å². The van der Waals surface area contributed by atoms with Crippen LogP contribution in [0.4, 0.5) is 4.39 Å². The average Bonchev–Trinajstić information content (AvgIpc) is 1.96. The highest BCUT2D eigenvalue weighted by molar-refractivity contribution is 14.1. The zero-order chi connectivity index (χ0) is 8.43. The summed E-state index contributed by atoms with van der Waals surface area (Å²) in [7, 11) is 0. The lowest BCUT2D eigenvalue weighted by atomic mass is 10.3. The molecule has 60 valence electrons. The Morgan fingerprint density at radius 2 is 2.18 bits per heavy atom. The highest BCUT2D eigenvalue weighted by Gasteiger charge is 2.06. The van der Waals surface area contributed by atoms with E-state index in [1.165, 1.54) is 11.8 Å². The third-order valence-corrected chi connectivity index (χ3v) is 2.92. The number of hydrogen-bond acceptors (Lipinski definition) is 1. The quantitative estimate of drug-likeness (QED) is 0.432. The molecule has 0 N–H and O–H groups in total. The van der Waals surface area contributed by atoms with E-state index in [9.17, 15) is 4.39 Å². The maximum absolute atomic E-state index is 13.1. The Labute approximate surface area is 87.7 Å². The lowest BCUT2D eigenvalue weighted by Crippen LogP contribution is -1.85. The van der Waals surface area contributed by atoms with Crippen molar-refractivity contribution < 1.29 is 4.39 Å². The first kappa shape index (κ1) is 9.61. The summed E-state index contributed by atoms with van der Waals surface area (Å²) in [4.78, 5) is 0.599. The molecule has 0 radical (unpaired) electrons. The molecule has 0 aliphatic heterocycles. The summed E-state index contributed by atoms with van der Waals surface area (Å²) in [6.45, 7) is 0. The highest BCUT2D eigenvalue weighted by atomic mass is 127. The second-order valence-electron chi connectivity index (χ2n) is 1.90. The minimum absolute atomic E-state index is 0.178. The van der Waals surface area contributed by atoms with Gasteiger partial charge in [0.15, 0.2) is 0 Å². The van der Waals surface area contributed by atoms with Crippen LogP contribution in [0.5, 0.6) is 0 Å². The van der Waals surface area contributed by atoms with E-state index < -0.39 is 0 Å². The van der Waals surface area contributed by atoms with Gasteiger partial charge in [-0.3, -0.25) is 0 Å². The molecule has 1 aromatic carbocycles. The van der Waals surface area contributed by atoms with E-state index in [0.29, 0.717) is 13.5 Å². The highest BCUT2D eigenvalue weighted by Crippen LogP contribution is 2.27. The van der Waals surface area contributed by atoms with Crippen LogP contribution in [0, 0.1) is 9.39 Å². The molecule has 11 heavy (non-hydrogen) atoms. The van der Waals surface area contributed by atoms with Crippen molar-refractivity contribution in [1.29, 1.82) is 0 Å². The normalized spacial score (nSPS) is 10.2. The number of halogens is 3. The van der Waals surface area contributed by atoms with Gasteiger partial charge >= 0.3 is 0 Å². The van der Waals surface area contributed by atoms with Crippen molar-refractivity contribution in [1.82, 2.24) is 0 Å². The van der Waals surface area contributed by atoms with Gasteiger partial charge in [0.25, 0.3) is 0 Å². The van der Waals surface area contributed by atoms with E-state index in [-0.39, 0.29) is 5.82 Å². The third kappa shape index (κ3) is 2.23. The van der Waals surface area contributed by atoms with E-state index in [1.54, 1.807) is 12.1 Å². The first-order valence-corrected chi connectivity index (χ1v) is 5.52. The van der Waals surface area contributed by atoms with Gasteiger partial charge in [-0.25, -0.2) is 4.39 Å². The van der Waals surface area contributed by atoms with Crippen LogP contribution in [0.15, 0.2) is 17.0 Å². The number of thioether (sulfide) groups is 1. The summed E-state index contributed by atoms with van der Waals surface area (Å²) < 4.78 is 13.7. The van der Waals surface area contributed by atoms with Crippen LogP contribution in [0.25, 0.3) is 0 Å². The van der Waals surface area contributed by atoms with Crippen LogP contribution in [0.2, 0.25) is 5.02 Å². The Morgan fingerprint density at radius 1 is 1.55 bits per heavy atom. The van der Waals surface area contributed by atoms with Crippen LogP contribution in [-0.4, -0.2) is 6.26 Å². The molecule has 0 heterocycles. The summed E-state index contributed by atoms with van der Waals surface area (Å²) in [5, 5.41) is 0.583. The number of rotatable bonds is 1. The standard InChI is InChI=1S/C7H5ClFIS/c1-11-6-3-4(8)2-5(10)7(6)9/h2-3H,1H3. The molecule has 0 atom stereocenters. The van der Waals surface area contributed by atoms with Crippen molar-refractivity contribution >= 4 is 46.0 Å². The monoisotopic (exact) mass is 302 g/mol. The molecule has 0 unspecified atom stereocenters. The maximum Gasteiger partial charge on any atom is 0.150 e. The van der Waals surface area contributed by atoms with Crippen molar-refractivity contribution in [3.05, 3.63) is 26.5 Å². The molecule has 0 bridgehead atoms. The summed E-state index contributed by atoms with van der Waals surface area (Å²) in [5.74, 6) is -0.178. The van der Waals surface area contributed by atoms with Gasteiger partial charge in [-0.05, 0) is 41.0 Å². The molecule has 1 aromatic rings. The van der Waals surface area contributed by atoms with Gasteiger partial charge in [0, 0.05) is 9.92 Å². The van der Waals surface area contributed by atoms with Crippen LogP contribution in [-0.2, 0) is 0 Å². The minimum Gasteiger partial charge on any atom is -0.205 e.